The number of hydrogen-bond acceptors (Lipinski definition) is 5. The fourth-order valence-electron chi connectivity index (χ4n) is 5.11. The molecule has 0 aromatic heterocycles. The molecule has 176 valence electrons. The Morgan fingerprint density at radius 2 is 1.67 bits per heavy atom. The maximum absolute atomic E-state index is 14.1. The highest BCUT2D eigenvalue weighted by atomic mass is 16.5. The first-order chi connectivity index (χ1) is 16.0. The summed E-state index contributed by atoms with van der Waals surface area (Å²) >= 11 is 0. The SMILES string of the molecule is COc1ccc(C2(C(=O)N3CCN(C(C)=O)[C@@H](c4ccccc4OC)C3)CCOCC2)cc1. The van der Waals surface area contributed by atoms with Gasteiger partial charge in [0.25, 0.3) is 0 Å². The van der Waals surface area contributed by atoms with E-state index in [0.29, 0.717) is 45.7 Å². The van der Waals surface area contributed by atoms with Crippen molar-refractivity contribution in [2.24, 2.45) is 0 Å². The summed E-state index contributed by atoms with van der Waals surface area (Å²) < 4.78 is 16.5. The van der Waals surface area contributed by atoms with E-state index in [1.54, 1.807) is 21.1 Å². The molecule has 0 saturated carbocycles. The summed E-state index contributed by atoms with van der Waals surface area (Å²) in [4.78, 5) is 30.4. The molecule has 7 heteroatoms. The number of hydrogen-bond donors (Lipinski definition) is 0. The molecule has 2 heterocycles. The second-order valence-corrected chi connectivity index (χ2v) is 8.64. The molecule has 2 amide bonds. The highest BCUT2D eigenvalue weighted by molar-refractivity contribution is 5.89. The van der Waals surface area contributed by atoms with Crippen molar-refractivity contribution in [2.75, 3.05) is 47.1 Å². The summed E-state index contributed by atoms with van der Waals surface area (Å²) in [7, 11) is 3.26. The number of methoxy groups -OCH3 is 2. The van der Waals surface area contributed by atoms with Crippen molar-refractivity contribution in [1.29, 1.82) is 0 Å². The first kappa shape index (κ1) is 23.1. The van der Waals surface area contributed by atoms with E-state index in [1.807, 2.05) is 58.3 Å². The topological polar surface area (TPSA) is 68.3 Å². The van der Waals surface area contributed by atoms with Crippen LogP contribution >= 0.6 is 0 Å². The van der Waals surface area contributed by atoms with Gasteiger partial charge in [-0.1, -0.05) is 30.3 Å². The molecule has 2 saturated heterocycles. The smallest absolute Gasteiger partial charge is 0.233 e. The molecule has 33 heavy (non-hydrogen) atoms. The molecule has 0 N–H and O–H groups in total. The van der Waals surface area contributed by atoms with E-state index in [1.165, 1.54) is 0 Å². The van der Waals surface area contributed by atoms with E-state index < -0.39 is 5.41 Å². The van der Waals surface area contributed by atoms with Crippen LogP contribution in [0.5, 0.6) is 11.5 Å². The van der Waals surface area contributed by atoms with Crippen LogP contribution in [-0.4, -0.2) is 68.7 Å². The molecular weight excluding hydrogens is 420 g/mol. The predicted molar refractivity (Wildman–Crippen MR) is 124 cm³/mol. The minimum Gasteiger partial charge on any atom is -0.497 e. The van der Waals surface area contributed by atoms with E-state index >= 15 is 0 Å². The average Bonchev–Trinajstić information content (AvgIpc) is 2.88. The number of benzene rings is 2. The van der Waals surface area contributed by atoms with Crippen LogP contribution in [0.3, 0.4) is 0 Å². The molecule has 2 aromatic carbocycles. The third-order valence-corrected chi connectivity index (χ3v) is 6.97. The summed E-state index contributed by atoms with van der Waals surface area (Å²) in [5.74, 6) is 1.58. The van der Waals surface area contributed by atoms with Crippen LogP contribution in [0.15, 0.2) is 48.5 Å². The Kier molecular flexibility index (Phi) is 6.88. The van der Waals surface area contributed by atoms with Crippen molar-refractivity contribution in [3.63, 3.8) is 0 Å². The summed E-state index contributed by atoms with van der Waals surface area (Å²) in [6, 6.07) is 15.3. The summed E-state index contributed by atoms with van der Waals surface area (Å²) in [5.41, 5.74) is 1.26. The van der Waals surface area contributed by atoms with E-state index in [4.69, 9.17) is 14.2 Å². The van der Waals surface area contributed by atoms with Crippen molar-refractivity contribution in [3.05, 3.63) is 59.7 Å². The number of carbonyl (C=O) groups excluding carboxylic acids is 2. The van der Waals surface area contributed by atoms with Gasteiger partial charge in [-0.05, 0) is 36.6 Å². The van der Waals surface area contributed by atoms with Gasteiger partial charge in [-0.25, -0.2) is 0 Å². The lowest BCUT2D eigenvalue weighted by Crippen LogP contribution is -2.57. The maximum Gasteiger partial charge on any atom is 0.233 e. The minimum absolute atomic E-state index is 0.00561. The van der Waals surface area contributed by atoms with Gasteiger partial charge in [-0.15, -0.1) is 0 Å². The zero-order valence-electron chi connectivity index (χ0n) is 19.6. The molecule has 2 fully saturated rings. The van der Waals surface area contributed by atoms with Crippen LogP contribution in [0.25, 0.3) is 0 Å². The van der Waals surface area contributed by atoms with Crippen LogP contribution < -0.4 is 9.47 Å². The van der Waals surface area contributed by atoms with Gasteiger partial charge < -0.3 is 24.0 Å². The van der Waals surface area contributed by atoms with Gasteiger partial charge >= 0.3 is 0 Å². The number of carbonyl (C=O) groups is 2. The molecule has 2 aromatic rings. The quantitative estimate of drug-likeness (QED) is 0.697. The fourth-order valence-corrected chi connectivity index (χ4v) is 5.11. The van der Waals surface area contributed by atoms with Gasteiger partial charge in [0.1, 0.15) is 11.5 Å². The molecule has 0 spiro atoms. The molecule has 2 aliphatic rings. The van der Waals surface area contributed by atoms with Crippen LogP contribution in [0.1, 0.15) is 36.9 Å². The second kappa shape index (κ2) is 9.83. The predicted octanol–water partition coefficient (Wildman–Crippen LogP) is 3.18. The molecule has 0 radical (unpaired) electrons. The van der Waals surface area contributed by atoms with Gasteiger partial charge in [-0.2, -0.15) is 0 Å². The third kappa shape index (κ3) is 4.42. The Balaban J connectivity index is 1.67. The average molecular weight is 453 g/mol. The lowest BCUT2D eigenvalue weighted by molar-refractivity contribution is -0.148. The van der Waals surface area contributed by atoms with Crippen LogP contribution in [0.4, 0.5) is 0 Å². The zero-order valence-corrected chi connectivity index (χ0v) is 19.6. The van der Waals surface area contributed by atoms with Crippen molar-refractivity contribution < 1.29 is 23.8 Å². The van der Waals surface area contributed by atoms with E-state index in [0.717, 1.165) is 22.6 Å². The van der Waals surface area contributed by atoms with Crippen molar-refractivity contribution in [2.45, 2.75) is 31.2 Å². The molecule has 1 atom stereocenters. The van der Waals surface area contributed by atoms with Crippen molar-refractivity contribution in [1.82, 2.24) is 9.80 Å². The van der Waals surface area contributed by atoms with E-state index in [9.17, 15) is 9.59 Å². The van der Waals surface area contributed by atoms with Gasteiger partial charge in [0.2, 0.25) is 11.8 Å². The summed E-state index contributed by atoms with van der Waals surface area (Å²) in [6.07, 6.45) is 1.26. The van der Waals surface area contributed by atoms with Crippen LogP contribution in [0, 0.1) is 0 Å². The first-order valence-corrected chi connectivity index (χ1v) is 11.4. The van der Waals surface area contributed by atoms with Gasteiger partial charge in [0, 0.05) is 45.3 Å². The standard InChI is InChI=1S/C26H32N2O5/c1-19(29)28-15-14-27(18-23(28)22-6-4-5-7-24(22)32-3)25(30)26(12-16-33-17-13-26)20-8-10-21(31-2)11-9-20/h4-11,23H,12-18H2,1-3H3/t23-/m1/s1. The lowest BCUT2D eigenvalue weighted by Gasteiger charge is -2.46. The fraction of sp³-hybridized carbons (Fsp3) is 0.462. The maximum atomic E-state index is 14.1. The van der Waals surface area contributed by atoms with E-state index in [2.05, 4.69) is 0 Å². The van der Waals surface area contributed by atoms with Gasteiger partial charge in [0.15, 0.2) is 0 Å². The molecule has 4 rings (SSSR count). The molecular formula is C26H32N2O5. The Bertz CT molecular complexity index is 984. The second-order valence-electron chi connectivity index (χ2n) is 8.64. The highest BCUT2D eigenvalue weighted by Gasteiger charge is 2.46. The molecule has 0 bridgehead atoms. The Labute approximate surface area is 195 Å². The minimum atomic E-state index is -0.645. The number of rotatable bonds is 5. The van der Waals surface area contributed by atoms with E-state index in [-0.39, 0.29) is 17.9 Å². The van der Waals surface area contributed by atoms with Crippen molar-refractivity contribution in [3.8, 4) is 11.5 Å². The molecule has 0 unspecified atom stereocenters. The molecule has 2 aliphatic heterocycles. The zero-order chi connectivity index (χ0) is 23.4. The third-order valence-electron chi connectivity index (χ3n) is 6.97. The van der Waals surface area contributed by atoms with Crippen LogP contribution in [-0.2, 0) is 19.7 Å². The summed E-state index contributed by atoms with van der Waals surface area (Å²) in [6.45, 7) is 4.08. The molecule has 0 aliphatic carbocycles. The van der Waals surface area contributed by atoms with Gasteiger partial charge in [0.05, 0.1) is 25.7 Å². The Hall–Kier alpha value is -3.06. The van der Waals surface area contributed by atoms with Crippen LogP contribution in [0.2, 0.25) is 0 Å². The van der Waals surface area contributed by atoms with Gasteiger partial charge in [-0.3, -0.25) is 9.59 Å². The highest BCUT2D eigenvalue weighted by Crippen LogP contribution is 2.40. The monoisotopic (exact) mass is 452 g/mol. The van der Waals surface area contributed by atoms with Crippen molar-refractivity contribution >= 4 is 11.8 Å². The lowest BCUT2D eigenvalue weighted by atomic mass is 9.72. The number of para-hydroxylation sites is 1. The molecule has 7 nitrogen and oxygen atoms in total. The first-order valence-electron chi connectivity index (χ1n) is 11.4. The summed E-state index contributed by atoms with van der Waals surface area (Å²) in [5, 5.41) is 0. The largest absolute Gasteiger partial charge is 0.497 e. The Morgan fingerprint density at radius 1 is 0.970 bits per heavy atom. The normalized spacial score (nSPS) is 20.3. The number of ether oxygens (including phenoxy) is 3. The number of nitrogens with zero attached hydrogens (tertiary/aromatic N) is 2. The number of amides is 2. The number of piperazine rings is 1. The Morgan fingerprint density at radius 3 is 2.30 bits per heavy atom.